The molecule has 24 heavy (non-hydrogen) atoms. The van der Waals surface area contributed by atoms with E-state index in [9.17, 15) is 4.79 Å². The minimum absolute atomic E-state index is 0.0384. The van der Waals surface area contributed by atoms with Crippen LogP contribution in [0.4, 0.5) is 0 Å². The molecule has 0 spiro atoms. The van der Waals surface area contributed by atoms with Gasteiger partial charge in [-0.1, -0.05) is 41.9 Å². The van der Waals surface area contributed by atoms with Gasteiger partial charge in [0.1, 0.15) is 6.04 Å². The van der Waals surface area contributed by atoms with E-state index in [-0.39, 0.29) is 5.91 Å². The van der Waals surface area contributed by atoms with Gasteiger partial charge in [0.05, 0.1) is 6.54 Å². The van der Waals surface area contributed by atoms with Crippen LogP contribution in [-0.2, 0) is 17.8 Å². The van der Waals surface area contributed by atoms with Gasteiger partial charge in [-0.25, -0.2) is 0 Å². The van der Waals surface area contributed by atoms with Gasteiger partial charge in [-0.05, 0) is 35.7 Å². The number of hydrogen-bond donors (Lipinski definition) is 2. The van der Waals surface area contributed by atoms with Crippen LogP contribution in [0.2, 0.25) is 5.02 Å². The number of carbonyl (C=O) groups is 1. The first kappa shape index (κ1) is 15.2. The molecular weight excluding hydrogens is 322 g/mol. The molecule has 2 aromatic carbocycles. The number of H-pyrrole nitrogens is 1. The van der Waals surface area contributed by atoms with E-state index in [0.717, 1.165) is 33.6 Å². The van der Waals surface area contributed by atoms with E-state index in [2.05, 4.69) is 4.98 Å². The summed E-state index contributed by atoms with van der Waals surface area (Å²) in [6.07, 6.45) is 0.808. The monoisotopic (exact) mass is 339 g/mol. The van der Waals surface area contributed by atoms with Crippen LogP contribution in [-0.4, -0.2) is 22.3 Å². The molecule has 4 nitrogen and oxygen atoms in total. The SMILES string of the molecule is NC(C(=O)N1CCc2c([nH]c3ccc(Cl)cc23)C1)c1ccccc1. The lowest BCUT2D eigenvalue weighted by Gasteiger charge is -2.29. The van der Waals surface area contributed by atoms with Crippen molar-refractivity contribution in [2.24, 2.45) is 5.73 Å². The van der Waals surface area contributed by atoms with E-state index in [0.29, 0.717) is 13.1 Å². The van der Waals surface area contributed by atoms with Gasteiger partial charge in [0.15, 0.2) is 0 Å². The Balaban J connectivity index is 1.60. The number of nitrogens with two attached hydrogens (primary N) is 1. The summed E-state index contributed by atoms with van der Waals surface area (Å²) in [7, 11) is 0. The van der Waals surface area contributed by atoms with Crippen molar-refractivity contribution in [3.8, 4) is 0 Å². The van der Waals surface area contributed by atoms with Crippen molar-refractivity contribution in [3.05, 3.63) is 70.4 Å². The fraction of sp³-hybridized carbons (Fsp3) is 0.211. The van der Waals surface area contributed by atoms with Crippen LogP contribution in [0.15, 0.2) is 48.5 Å². The van der Waals surface area contributed by atoms with Crippen molar-refractivity contribution in [2.75, 3.05) is 6.54 Å². The highest BCUT2D eigenvalue weighted by Crippen LogP contribution is 2.30. The quantitative estimate of drug-likeness (QED) is 0.751. The summed E-state index contributed by atoms with van der Waals surface area (Å²) >= 11 is 6.11. The van der Waals surface area contributed by atoms with Crippen LogP contribution in [0.1, 0.15) is 22.9 Å². The molecule has 0 fully saturated rings. The minimum Gasteiger partial charge on any atom is -0.357 e. The second-order valence-electron chi connectivity index (χ2n) is 6.17. The lowest BCUT2D eigenvalue weighted by molar-refractivity contribution is -0.133. The third-order valence-corrected chi connectivity index (χ3v) is 4.91. The van der Waals surface area contributed by atoms with Crippen LogP contribution in [0.5, 0.6) is 0 Å². The average molecular weight is 340 g/mol. The highest BCUT2D eigenvalue weighted by atomic mass is 35.5. The number of aromatic nitrogens is 1. The van der Waals surface area contributed by atoms with E-state index >= 15 is 0 Å². The first-order valence-corrected chi connectivity index (χ1v) is 8.39. The molecular formula is C19H18ClN3O. The van der Waals surface area contributed by atoms with Crippen molar-refractivity contribution >= 4 is 28.4 Å². The van der Waals surface area contributed by atoms with Crippen molar-refractivity contribution < 1.29 is 4.79 Å². The molecule has 1 unspecified atom stereocenters. The minimum atomic E-state index is -0.619. The zero-order chi connectivity index (χ0) is 16.7. The normalized spacial score (nSPS) is 15.3. The topological polar surface area (TPSA) is 62.1 Å². The van der Waals surface area contributed by atoms with E-state index in [1.165, 1.54) is 5.56 Å². The zero-order valence-corrected chi connectivity index (χ0v) is 13.9. The molecule has 4 rings (SSSR count). The Hall–Kier alpha value is -2.30. The molecule has 3 aromatic rings. The maximum Gasteiger partial charge on any atom is 0.244 e. The van der Waals surface area contributed by atoms with Crippen LogP contribution in [0.25, 0.3) is 10.9 Å². The molecule has 2 heterocycles. The van der Waals surface area contributed by atoms with E-state index in [4.69, 9.17) is 17.3 Å². The van der Waals surface area contributed by atoms with Gasteiger partial charge >= 0.3 is 0 Å². The summed E-state index contributed by atoms with van der Waals surface area (Å²) in [5, 5.41) is 1.88. The molecule has 0 aliphatic carbocycles. The number of amides is 1. The van der Waals surface area contributed by atoms with Crippen molar-refractivity contribution in [2.45, 2.75) is 19.0 Å². The van der Waals surface area contributed by atoms with Crippen LogP contribution in [0.3, 0.4) is 0 Å². The van der Waals surface area contributed by atoms with Crippen LogP contribution in [0, 0.1) is 0 Å². The zero-order valence-electron chi connectivity index (χ0n) is 13.1. The van der Waals surface area contributed by atoms with Gasteiger partial charge in [0.2, 0.25) is 5.91 Å². The smallest absolute Gasteiger partial charge is 0.244 e. The second-order valence-corrected chi connectivity index (χ2v) is 6.61. The molecule has 5 heteroatoms. The number of aromatic amines is 1. The van der Waals surface area contributed by atoms with Gasteiger partial charge in [0.25, 0.3) is 0 Å². The number of halogens is 1. The van der Waals surface area contributed by atoms with Gasteiger partial charge in [-0.2, -0.15) is 0 Å². The Morgan fingerprint density at radius 1 is 1.21 bits per heavy atom. The molecule has 3 N–H and O–H groups in total. The van der Waals surface area contributed by atoms with Crippen molar-refractivity contribution in [1.29, 1.82) is 0 Å². The fourth-order valence-corrected chi connectivity index (χ4v) is 3.57. The number of nitrogens with one attached hydrogen (secondary N) is 1. The Morgan fingerprint density at radius 3 is 2.79 bits per heavy atom. The molecule has 1 atom stereocenters. The van der Waals surface area contributed by atoms with Gasteiger partial charge in [0, 0.05) is 28.2 Å². The van der Waals surface area contributed by atoms with Crippen molar-refractivity contribution in [1.82, 2.24) is 9.88 Å². The summed E-state index contributed by atoms with van der Waals surface area (Å²) in [6.45, 7) is 1.23. The standard InChI is InChI=1S/C19H18ClN3O/c20-13-6-7-16-15(10-13)14-8-9-23(11-17(14)22-16)19(24)18(21)12-4-2-1-3-5-12/h1-7,10,18,22H,8-9,11,21H2. The Morgan fingerprint density at radius 2 is 2.00 bits per heavy atom. The number of fused-ring (bicyclic) bond motifs is 3. The third kappa shape index (κ3) is 2.58. The molecule has 122 valence electrons. The molecule has 1 aliphatic rings. The number of hydrogen-bond acceptors (Lipinski definition) is 2. The molecule has 0 saturated heterocycles. The third-order valence-electron chi connectivity index (χ3n) is 4.67. The maximum atomic E-state index is 12.7. The Bertz CT molecular complexity index is 904. The summed E-state index contributed by atoms with van der Waals surface area (Å²) in [5.41, 5.74) is 10.4. The molecule has 1 aliphatic heterocycles. The van der Waals surface area contributed by atoms with Gasteiger partial charge in [-0.3, -0.25) is 4.79 Å². The summed E-state index contributed by atoms with van der Waals surface area (Å²) < 4.78 is 0. The fourth-order valence-electron chi connectivity index (χ4n) is 3.40. The van der Waals surface area contributed by atoms with Crippen molar-refractivity contribution in [3.63, 3.8) is 0 Å². The number of nitrogens with zero attached hydrogens (tertiary/aromatic N) is 1. The Labute approximate surface area is 145 Å². The molecule has 0 bridgehead atoms. The summed E-state index contributed by atoms with van der Waals surface area (Å²) in [6, 6.07) is 14.7. The molecule has 1 aromatic heterocycles. The Kier molecular flexibility index (Phi) is 3.79. The highest BCUT2D eigenvalue weighted by molar-refractivity contribution is 6.31. The average Bonchev–Trinajstić information content (AvgIpc) is 2.98. The lowest BCUT2D eigenvalue weighted by Crippen LogP contribution is -2.41. The van der Waals surface area contributed by atoms with E-state index in [1.54, 1.807) is 0 Å². The van der Waals surface area contributed by atoms with E-state index < -0.39 is 6.04 Å². The number of benzene rings is 2. The second kappa shape index (κ2) is 5.96. The highest BCUT2D eigenvalue weighted by Gasteiger charge is 2.27. The number of rotatable bonds is 2. The summed E-state index contributed by atoms with van der Waals surface area (Å²) in [4.78, 5) is 18.0. The largest absolute Gasteiger partial charge is 0.357 e. The van der Waals surface area contributed by atoms with E-state index in [1.807, 2.05) is 53.4 Å². The maximum absolute atomic E-state index is 12.7. The predicted octanol–water partition coefficient (Wildman–Crippen LogP) is 3.41. The van der Waals surface area contributed by atoms with Crippen LogP contribution < -0.4 is 5.73 Å². The van der Waals surface area contributed by atoms with Crippen LogP contribution >= 0.6 is 11.6 Å². The van der Waals surface area contributed by atoms with Gasteiger partial charge < -0.3 is 15.6 Å². The molecule has 0 radical (unpaired) electrons. The lowest BCUT2D eigenvalue weighted by atomic mass is 10.0. The molecule has 0 saturated carbocycles. The summed E-state index contributed by atoms with van der Waals surface area (Å²) in [5.74, 6) is -0.0384. The molecule has 1 amide bonds. The predicted molar refractivity (Wildman–Crippen MR) is 95.8 cm³/mol. The first-order chi connectivity index (χ1) is 11.6. The number of carbonyl (C=O) groups excluding carboxylic acids is 1. The van der Waals surface area contributed by atoms with Gasteiger partial charge in [-0.15, -0.1) is 0 Å². The first-order valence-electron chi connectivity index (χ1n) is 8.02.